The lowest BCUT2D eigenvalue weighted by Gasteiger charge is -2.10. The molecule has 2 rings (SSSR count). The number of aromatic carboxylic acids is 1. The Morgan fingerprint density at radius 1 is 1.05 bits per heavy atom. The van der Waals surface area contributed by atoms with Gasteiger partial charge in [0.05, 0.1) is 10.9 Å². The normalized spacial score (nSPS) is 11.1. The molecule has 21 heavy (non-hydrogen) atoms. The van der Waals surface area contributed by atoms with Gasteiger partial charge in [-0.2, -0.15) is 0 Å². The van der Waals surface area contributed by atoms with Gasteiger partial charge in [-0.15, -0.1) is 0 Å². The van der Waals surface area contributed by atoms with Crippen LogP contribution in [0.2, 0.25) is 10.0 Å². The fourth-order valence-corrected chi connectivity index (χ4v) is 3.38. The molecule has 0 amide bonds. The first-order valence-electron chi connectivity index (χ1n) is 5.58. The highest BCUT2D eigenvalue weighted by Crippen LogP contribution is 2.24. The average Bonchev–Trinajstić information content (AvgIpc) is 2.37. The van der Waals surface area contributed by atoms with E-state index >= 15 is 0 Å². The number of carbonyl (C=O) groups excluding carboxylic acids is 1. The highest BCUT2D eigenvalue weighted by molar-refractivity contribution is 7.92. The van der Waals surface area contributed by atoms with Gasteiger partial charge >= 0.3 is 0 Å². The minimum atomic E-state index is -3.93. The van der Waals surface area contributed by atoms with Crippen molar-refractivity contribution in [3.05, 3.63) is 58.1 Å². The summed E-state index contributed by atoms with van der Waals surface area (Å²) in [4.78, 5) is 10.6. The van der Waals surface area contributed by atoms with Gasteiger partial charge in [-0.1, -0.05) is 35.3 Å². The first-order valence-corrected chi connectivity index (χ1v) is 7.82. The standard InChI is InChI=1S/C13H9Cl2NO4S/c14-9-5-10(15)7-12(6-9)21(19,20)16-11-3-1-2-8(4-11)13(17)18/h1-7,16H,(H,17,18)/p-1. The van der Waals surface area contributed by atoms with Crippen LogP contribution in [0.15, 0.2) is 47.4 Å². The molecule has 0 saturated heterocycles. The maximum atomic E-state index is 12.2. The zero-order valence-corrected chi connectivity index (χ0v) is 12.7. The molecular formula is C13H8Cl2NO4S-. The minimum absolute atomic E-state index is 0.0906. The number of benzene rings is 2. The summed E-state index contributed by atoms with van der Waals surface area (Å²) in [6.45, 7) is 0. The van der Waals surface area contributed by atoms with Crippen molar-refractivity contribution in [2.24, 2.45) is 0 Å². The van der Waals surface area contributed by atoms with Gasteiger partial charge in [0.2, 0.25) is 0 Å². The van der Waals surface area contributed by atoms with E-state index in [9.17, 15) is 18.3 Å². The fraction of sp³-hybridized carbons (Fsp3) is 0. The number of carboxylic acids is 1. The summed E-state index contributed by atoms with van der Waals surface area (Å²) in [6, 6.07) is 9.13. The van der Waals surface area contributed by atoms with Crippen LogP contribution in [-0.4, -0.2) is 14.4 Å². The lowest BCUT2D eigenvalue weighted by atomic mass is 10.2. The maximum absolute atomic E-state index is 12.2. The Hall–Kier alpha value is -1.76. The van der Waals surface area contributed by atoms with Crippen LogP contribution < -0.4 is 9.83 Å². The molecular weight excluding hydrogens is 337 g/mol. The van der Waals surface area contributed by atoms with Crippen molar-refractivity contribution in [3.63, 3.8) is 0 Å². The van der Waals surface area contributed by atoms with Crippen LogP contribution in [0.1, 0.15) is 10.4 Å². The molecule has 0 radical (unpaired) electrons. The molecule has 0 aliphatic carbocycles. The summed E-state index contributed by atoms with van der Waals surface area (Å²) in [5.41, 5.74) is -0.0490. The van der Waals surface area contributed by atoms with E-state index in [-0.39, 0.29) is 26.2 Å². The molecule has 0 unspecified atom stereocenters. The van der Waals surface area contributed by atoms with Crippen LogP contribution in [-0.2, 0) is 10.0 Å². The molecule has 110 valence electrons. The van der Waals surface area contributed by atoms with Gasteiger partial charge in [0.1, 0.15) is 0 Å². The molecule has 1 N–H and O–H groups in total. The molecule has 0 aromatic heterocycles. The summed E-state index contributed by atoms with van der Waals surface area (Å²) >= 11 is 11.5. The first-order chi connectivity index (χ1) is 9.78. The number of halogens is 2. The molecule has 8 heteroatoms. The molecule has 0 saturated carbocycles. The van der Waals surface area contributed by atoms with Crippen LogP contribution in [0.25, 0.3) is 0 Å². The second kappa shape index (κ2) is 5.93. The summed E-state index contributed by atoms with van der Waals surface area (Å²) in [5.74, 6) is -1.40. The van der Waals surface area contributed by atoms with E-state index < -0.39 is 16.0 Å². The molecule has 0 spiro atoms. The number of hydrogen-bond acceptors (Lipinski definition) is 4. The SMILES string of the molecule is O=C([O-])c1cccc(NS(=O)(=O)c2cc(Cl)cc(Cl)c2)c1. The minimum Gasteiger partial charge on any atom is -0.545 e. The molecule has 0 aliphatic rings. The Kier molecular flexibility index (Phi) is 4.41. The second-order valence-electron chi connectivity index (χ2n) is 4.08. The molecule has 0 bridgehead atoms. The maximum Gasteiger partial charge on any atom is 0.261 e. The summed E-state index contributed by atoms with van der Waals surface area (Å²) < 4.78 is 26.6. The quantitative estimate of drug-likeness (QED) is 0.920. The number of carbonyl (C=O) groups is 1. The van der Waals surface area contributed by atoms with Crippen molar-refractivity contribution < 1.29 is 18.3 Å². The van der Waals surface area contributed by atoms with Gasteiger partial charge in [0.25, 0.3) is 10.0 Å². The fourth-order valence-electron chi connectivity index (χ4n) is 1.61. The van der Waals surface area contributed by atoms with Crippen molar-refractivity contribution in [2.45, 2.75) is 4.90 Å². The smallest absolute Gasteiger partial charge is 0.261 e. The number of hydrogen-bond donors (Lipinski definition) is 1. The topological polar surface area (TPSA) is 86.3 Å². The van der Waals surface area contributed by atoms with Gasteiger partial charge in [-0.3, -0.25) is 4.72 Å². The van der Waals surface area contributed by atoms with Crippen LogP contribution >= 0.6 is 23.2 Å². The largest absolute Gasteiger partial charge is 0.545 e. The average molecular weight is 345 g/mol. The van der Waals surface area contributed by atoms with Crippen LogP contribution in [0.3, 0.4) is 0 Å². The van der Waals surface area contributed by atoms with Crippen LogP contribution in [0.4, 0.5) is 5.69 Å². The van der Waals surface area contributed by atoms with E-state index in [0.717, 1.165) is 6.07 Å². The van der Waals surface area contributed by atoms with Gasteiger partial charge in [-0.05, 0) is 35.9 Å². The van der Waals surface area contributed by atoms with Crippen LogP contribution in [0, 0.1) is 0 Å². The van der Waals surface area contributed by atoms with Gasteiger partial charge in [0, 0.05) is 15.7 Å². The van der Waals surface area contributed by atoms with E-state index in [1.807, 2.05) is 0 Å². The van der Waals surface area contributed by atoms with Crippen molar-refractivity contribution in [1.82, 2.24) is 0 Å². The second-order valence-corrected chi connectivity index (χ2v) is 6.63. The number of carboxylic acid groups (broad SMARTS) is 1. The van der Waals surface area contributed by atoms with Gasteiger partial charge < -0.3 is 9.90 Å². The van der Waals surface area contributed by atoms with Gasteiger partial charge in [-0.25, -0.2) is 8.42 Å². The predicted octanol–water partition coefficient (Wildman–Crippen LogP) is 2.16. The third kappa shape index (κ3) is 3.87. The molecule has 0 aliphatic heterocycles. The van der Waals surface area contributed by atoms with Crippen molar-refractivity contribution in [1.29, 1.82) is 0 Å². The predicted molar refractivity (Wildman–Crippen MR) is 78.0 cm³/mol. The molecule has 2 aromatic carbocycles. The van der Waals surface area contributed by atoms with Crippen molar-refractivity contribution in [2.75, 3.05) is 4.72 Å². The summed E-state index contributed by atoms with van der Waals surface area (Å²) in [6.07, 6.45) is 0. The first kappa shape index (κ1) is 15.6. The van der Waals surface area contributed by atoms with E-state index in [2.05, 4.69) is 4.72 Å². The molecule has 0 atom stereocenters. The third-order valence-corrected chi connectivity index (χ3v) is 4.29. The van der Waals surface area contributed by atoms with Gasteiger partial charge in [0.15, 0.2) is 0 Å². The highest BCUT2D eigenvalue weighted by Gasteiger charge is 2.16. The third-order valence-electron chi connectivity index (χ3n) is 2.50. The number of anilines is 1. The highest BCUT2D eigenvalue weighted by atomic mass is 35.5. The summed E-state index contributed by atoms with van der Waals surface area (Å²) in [5, 5.41) is 11.1. The van der Waals surface area contributed by atoms with E-state index in [1.165, 1.54) is 36.4 Å². The lowest BCUT2D eigenvalue weighted by Crippen LogP contribution is -2.22. The number of nitrogens with one attached hydrogen (secondary N) is 1. The zero-order chi connectivity index (χ0) is 15.6. The Balaban J connectivity index is 2.37. The van der Waals surface area contributed by atoms with Crippen molar-refractivity contribution in [3.8, 4) is 0 Å². The summed E-state index contributed by atoms with van der Waals surface area (Å²) in [7, 11) is -3.93. The monoisotopic (exact) mass is 344 g/mol. The Morgan fingerprint density at radius 2 is 1.67 bits per heavy atom. The lowest BCUT2D eigenvalue weighted by molar-refractivity contribution is -0.255. The van der Waals surface area contributed by atoms with Crippen LogP contribution in [0.5, 0.6) is 0 Å². The van der Waals surface area contributed by atoms with Crippen molar-refractivity contribution >= 4 is 44.9 Å². The zero-order valence-electron chi connectivity index (χ0n) is 10.3. The molecule has 5 nitrogen and oxygen atoms in total. The Labute approximate surface area is 131 Å². The molecule has 2 aromatic rings. The van der Waals surface area contributed by atoms with E-state index in [1.54, 1.807) is 0 Å². The van der Waals surface area contributed by atoms with E-state index in [0.29, 0.717) is 0 Å². The Bertz CT molecular complexity index is 785. The Morgan fingerprint density at radius 3 is 2.24 bits per heavy atom. The number of sulfonamides is 1. The molecule has 0 heterocycles. The van der Waals surface area contributed by atoms with E-state index in [4.69, 9.17) is 23.2 Å². The number of rotatable bonds is 4. The molecule has 0 fully saturated rings.